The van der Waals surface area contributed by atoms with E-state index >= 15 is 0 Å². The predicted octanol–water partition coefficient (Wildman–Crippen LogP) is 3.09. The van der Waals surface area contributed by atoms with Gasteiger partial charge in [0.2, 0.25) is 0 Å². The van der Waals surface area contributed by atoms with Gasteiger partial charge in [0.15, 0.2) is 0 Å². The van der Waals surface area contributed by atoms with E-state index in [1.54, 1.807) is 0 Å². The van der Waals surface area contributed by atoms with Crippen molar-refractivity contribution in [3.63, 3.8) is 0 Å². The second-order valence-corrected chi connectivity index (χ2v) is 5.61. The fourth-order valence-electron chi connectivity index (χ4n) is 2.35. The van der Waals surface area contributed by atoms with Gasteiger partial charge in [-0.1, -0.05) is 43.2 Å². The minimum atomic E-state index is 0.332. The zero-order valence-corrected chi connectivity index (χ0v) is 13.3. The van der Waals surface area contributed by atoms with Crippen LogP contribution in [0, 0.1) is 0 Å². The first-order chi connectivity index (χ1) is 10.4. The summed E-state index contributed by atoms with van der Waals surface area (Å²) in [5.74, 6) is 0. The van der Waals surface area contributed by atoms with Crippen LogP contribution in [0.25, 0.3) is 0 Å². The van der Waals surface area contributed by atoms with Crippen molar-refractivity contribution in [3.05, 3.63) is 35.9 Å². The molecule has 1 aromatic rings. The van der Waals surface area contributed by atoms with Gasteiger partial charge in [-0.05, 0) is 57.3 Å². The van der Waals surface area contributed by atoms with Crippen molar-refractivity contribution in [2.75, 3.05) is 26.2 Å². The molecule has 0 saturated carbocycles. The molecule has 3 nitrogen and oxygen atoms in total. The average Bonchev–Trinajstić information content (AvgIpc) is 2.53. The first-order valence-electron chi connectivity index (χ1n) is 8.49. The zero-order valence-electron chi connectivity index (χ0n) is 13.3. The highest BCUT2D eigenvalue weighted by Crippen LogP contribution is 2.00. The molecule has 1 rings (SSSR count). The molecule has 0 aliphatic heterocycles. The molecule has 3 heteroatoms. The van der Waals surface area contributed by atoms with E-state index in [0.29, 0.717) is 6.61 Å². The van der Waals surface area contributed by atoms with Gasteiger partial charge in [-0.15, -0.1) is 0 Å². The van der Waals surface area contributed by atoms with Crippen LogP contribution < -0.4 is 10.6 Å². The Morgan fingerprint density at radius 1 is 0.667 bits per heavy atom. The van der Waals surface area contributed by atoms with Crippen LogP contribution in [0.3, 0.4) is 0 Å². The number of unbranched alkanes of at least 4 members (excludes halogenated alkanes) is 5. The molecule has 0 bridgehead atoms. The molecule has 0 aliphatic carbocycles. The molecule has 0 aliphatic rings. The zero-order chi connectivity index (χ0) is 15.0. The molecule has 1 aromatic carbocycles. The maximum Gasteiger partial charge on any atom is 0.0431 e. The van der Waals surface area contributed by atoms with Gasteiger partial charge in [-0.2, -0.15) is 0 Å². The lowest BCUT2D eigenvalue weighted by Gasteiger charge is -2.06. The molecule has 21 heavy (non-hydrogen) atoms. The molecule has 0 radical (unpaired) electrons. The summed E-state index contributed by atoms with van der Waals surface area (Å²) in [7, 11) is 0. The number of benzene rings is 1. The van der Waals surface area contributed by atoms with Gasteiger partial charge in [0, 0.05) is 13.2 Å². The Hall–Kier alpha value is -0.900. The van der Waals surface area contributed by atoms with E-state index in [0.717, 1.165) is 39.0 Å². The van der Waals surface area contributed by atoms with Crippen LogP contribution in [0.5, 0.6) is 0 Å². The van der Waals surface area contributed by atoms with Crippen LogP contribution in [0.4, 0.5) is 0 Å². The summed E-state index contributed by atoms with van der Waals surface area (Å²) < 4.78 is 0. The van der Waals surface area contributed by atoms with E-state index in [-0.39, 0.29) is 0 Å². The van der Waals surface area contributed by atoms with Crippen LogP contribution in [-0.4, -0.2) is 31.3 Å². The SMILES string of the molecule is OCCCCCNCCCCCCNCc1ccccc1. The summed E-state index contributed by atoms with van der Waals surface area (Å²) in [6, 6.07) is 10.6. The first-order valence-corrected chi connectivity index (χ1v) is 8.49. The maximum atomic E-state index is 8.67. The van der Waals surface area contributed by atoms with E-state index in [4.69, 9.17) is 5.11 Å². The highest BCUT2D eigenvalue weighted by molar-refractivity contribution is 5.14. The highest BCUT2D eigenvalue weighted by atomic mass is 16.2. The summed E-state index contributed by atoms with van der Waals surface area (Å²) >= 11 is 0. The topological polar surface area (TPSA) is 44.3 Å². The van der Waals surface area contributed by atoms with Crippen molar-refractivity contribution in [1.29, 1.82) is 0 Å². The van der Waals surface area contributed by atoms with Crippen LogP contribution in [0.1, 0.15) is 50.5 Å². The summed E-state index contributed by atoms with van der Waals surface area (Å²) in [4.78, 5) is 0. The molecule has 3 N–H and O–H groups in total. The van der Waals surface area contributed by atoms with Crippen LogP contribution >= 0.6 is 0 Å². The number of nitrogens with one attached hydrogen (secondary N) is 2. The summed E-state index contributed by atoms with van der Waals surface area (Å²) in [6.45, 7) is 4.66. The number of hydrogen-bond acceptors (Lipinski definition) is 3. The minimum Gasteiger partial charge on any atom is -0.396 e. The number of aliphatic hydroxyl groups is 1. The molecule has 0 heterocycles. The Morgan fingerprint density at radius 3 is 1.86 bits per heavy atom. The molecule has 0 amide bonds. The van der Waals surface area contributed by atoms with Gasteiger partial charge < -0.3 is 15.7 Å². The van der Waals surface area contributed by atoms with Crippen molar-refractivity contribution < 1.29 is 5.11 Å². The normalized spacial score (nSPS) is 10.9. The summed E-state index contributed by atoms with van der Waals surface area (Å²) in [6.07, 6.45) is 8.44. The Bertz CT molecular complexity index is 316. The van der Waals surface area contributed by atoms with Gasteiger partial charge in [-0.3, -0.25) is 0 Å². The molecule has 0 spiro atoms. The molecule has 0 fully saturated rings. The van der Waals surface area contributed by atoms with E-state index in [1.807, 2.05) is 0 Å². The fraction of sp³-hybridized carbons (Fsp3) is 0.667. The van der Waals surface area contributed by atoms with E-state index < -0.39 is 0 Å². The summed E-state index contributed by atoms with van der Waals surface area (Å²) in [5, 5.41) is 15.6. The minimum absolute atomic E-state index is 0.332. The molecule has 0 unspecified atom stereocenters. The van der Waals surface area contributed by atoms with Crippen molar-refractivity contribution in [3.8, 4) is 0 Å². The Kier molecular flexibility index (Phi) is 12.1. The van der Waals surface area contributed by atoms with Gasteiger partial charge in [-0.25, -0.2) is 0 Å². The van der Waals surface area contributed by atoms with Crippen LogP contribution in [0.2, 0.25) is 0 Å². The third-order valence-electron chi connectivity index (χ3n) is 3.64. The smallest absolute Gasteiger partial charge is 0.0431 e. The van der Waals surface area contributed by atoms with Gasteiger partial charge >= 0.3 is 0 Å². The molecular formula is C18H32N2O. The van der Waals surface area contributed by atoms with Gasteiger partial charge in [0.1, 0.15) is 0 Å². The second kappa shape index (κ2) is 14.1. The third kappa shape index (κ3) is 11.4. The van der Waals surface area contributed by atoms with Crippen molar-refractivity contribution in [2.45, 2.75) is 51.5 Å². The van der Waals surface area contributed by atoms with Gasteiger partial charge in [0.05, 0.1) is 0 Å². The maximum absolute atomic E-state index is 8.67. The lowest BCUT2D eigenvalue weighted by molar-refractivity contribution is 0.283. The third-order valence-corrected chi connectivity index (χ3v) is 3.64. The van der Waals surface area contributed by atoms with Crippen molar-refractivity contribution >= 4 is 0 Å². The Morgan fingerprint density at radius 2 is 1.24 bits per heavy atom. The molecule has 120 valence electrons. The number of hydrogen-bond donors (Lipinski definition) is 3. The predicted molar refractivity (Wildman–Crippen MR) is 90.4 cm³/mol. The summed E-state index contributed by atoms with van der Waals surface area (Å²) in [5.41, 5.74) is 1.36. The lowest BCUT2D eigenvalue weighted by atomic mass is 10.2. The molecule has 0 atom stereocenters. The largest absolute Gasteiger partial charge is 0.396 e. The Balaban J connectivity index is 1.75. The first kappa shape index (κ1) is 18.1. The second-order valence-electron chi connectivity index (χ2n) is 5.61. The molecule has 0 saturated heterocycles. The molecule has 0 aromatic heterocycles. The quantitative estimate of drug-likeness (QED) is 0.462. The van der Waals surface area contributed by atoms with E-state index in [9.17, 15) is 0 Å². The lowest BCUT2D eigenvalue weighted by Crippen LogP contribution is -2.17. The number of rotatable bonds is 14. The van der Waals surface area contributed by atoms with E-state index in [2.05, 4.69) is 41.0 Å². The van der Waals surface area contributed by atoms with Crippen LogP contribution in [0.15, 0.2) is 30.3 Å². The van der Waals surface area contributed by atoms with Crippen LogP contribution in [-0.2, 0) is 6.54 Å². The van der Waals surface area contributed by atoms with Crippen molar-refractivity contribution in [2.24, 2.45) is 0 Å². The fourth-order valence-corrected chi connectivity index (χ4v) is 2.35. The van der Waals surface area contributed by atoms with E-state index in [1.165, 1.54) is 37.7 Å². The van der Waals surface area contributed by atoms with Crippen molar-refractivity contribution in [1.82, 2.24) is 10.6 Å². The average molecular weight is 292 g/mol. The monoisotopic (exact) mass is 292 g/mol. The van der Waals surface area contributed by atoms with Gasteiger partial charge in [0.25, 0.3) is 0 Å². The molecular weight excluding hydrogens is 260 g/mol. The standard InChI is InChI=1S/C18H32N2O/c21-16-10-4-9-14-19-13-7-1-2-8-15-20-17-18-11-5-3-6-12-18/h3,5-6,11-12,19-21H,1-2,4,7-10,13-17H2. The highest BCUT2D eigenvalue weighted by Gasteiger charge is 1.93. The number of aliphatic hydroxyl groups excluding tert-OH is 1. The Labute approximate surface area is 130 Å².